The van der Waals surface area contributed by atoms with Crippen molar-refractivity contribution in [3.8, 4) is 0 Å². The van der Waals surface area contributed by atoms with E-state index in [9.17, 15) is 4.79 Å². The van der Waals surface area contributed by atoms with E-state index in [-0.39, 0.29) is 16.7 Å². The lowest BCUT2D eigenvalue weighted by Crippen LogP contribution is -2.48. The lowest BCUT2D eigenvalue weighted by atomic mass is 9.83. The van der Waals surface area contributed by atoms with Crippen molar-refractivity contribution in [2.75, 3.05) is 13.1 Å². The lowest BCUT2D eigenvalue weighted by Gasteiger charge is -2.41. The molecule has 1 saturated heterocycles. The molecule has 104 valence electrons. The molecule has 1 aliphatic heterocycles. The van der Waals surface area contributed by atoms with Gasteiger partial charge >= 0.3 is 0 Å². The maximum absolute atomic E-state index is 12.5. The predicted octanol–water partition coefficient (Wildman–Crippen LogP) is 4.42. The third-order valence-corrected chi connectivity index (χ3v) is 5.93. The second-order valence-corrected chi connectivity index (χ2v) is 7.70. The summed E-state index contributed by atoms with van der Waals surface area (Å²) in [5, 5.41) is 0.745. The first-order valence-corrected chi connectivity index (χ1v) is 8.09. The van der Waals surface area contributed by atoms with Crippen LogP contribution in [0.5, 0.6) is 0 Å². The summed E-state index contributed by atoms with van der Waals surface area (Å²) in [5.74, 6) is 0.0370. The molecule has 1 aromatic carbocycles. The number of hydrogen-bond donors (Lipinski definition) is 0. The van der Waals surface area contributed by atoms with E-state index in [2.05, 4.69) is 36.4 Å². The quantitative estimate of drug-likeness (QED) is 0.494. The average Bonchev–Trinajstić information content (AvgIpc) is 2.35. The van der Waals surface area contributed by atoms with E-state index >= 15 is 0 Å². The summed E-state index contributed by atoms with van der Waals surface area (Å²) in [4.78, 5) is 14.4. The minimum Gasteiger partial charge on any atom is -0.338 e. The maximum Gasteiger partial charge on any atom is 0.253 e. The maximum atomic E-state index is 12.5. The second kappa shape index (κ2) is 5.78. The molecule has 0 aromatic heterocycles. The molecule has 1 amide bonds. The fourth-order valence-electron chi connectivity index (χ4n) is 2.32. The van der Waals surface area contributed by atoms with Gasteiger partial charge in [-0.05, 0) is 52.6 Å². The van der Waals surface area contributed by atoms with Crippen LogP contribution in [0.4, 0.5) is 0 Å². The van der Waals surface area contributed by atoms with Gasteiger partial charge in [-0.3, -0.25) is 4.79 Å². The van der Waals surface area contributed by atoms with Crippen molar-refractivity contribution < 1.29 is 4.79 Å². The largest absolute Gasteiger partial charge is 0.338 e. The van der Waals surface area contributed by atoms with Gasteiger partial charge in [-0.2, -0.15) is 0 Å². The van der Waals surface area contributed by atoms with Crippen molar-refractivity contribution in [3.63, 3.8) is 0 Å². The normalized spacial score (nSPS) is 22.4. The molecule has 1 atom stereocenters. The summed E-state index contributed by atoms with van der Waals surface area (Å²) in [5.41, 5.74) is 0.594. The third-order valence-electron chi connectivity index (χ3n) is 3.55. The Morgan fingerprint density at radius 2 is 2.16 bits per heavy atom. The molecule has 1 heterocycles. The number of carbonyl (C=O) groups excluding carboxylic acids is 1. The van der Waals surface area contributed by atoms with Crippen molar-refractivity contribution in [2.45, 2.75) is 25.6 Å². The van der Waals surface area contributed by atoms with E-state index in [4.69, 9.17) is 23.2 Å². The number of amides is 1. The molecule has 2 rings (SSSR count). The van der Waals surface area contributed by atoms with Gasteiger partial charge in [0.25, 0.3) is 5.91 Å². The number of hydrogen-bond acceptors (Lipinski definition) is 1. The Balaban J connectivity index is 2.18. The number of carbonyl (C=O) groups is 1. The van der Waals surface area contributed by atoms with Crippen molar-refractivity contribution in [1.29, 1.82) is 0 Å². The second-order valence-electron chi connectivity index (χ2n) is 5.60. The fourth-order valence-corrected chi connectivity index (χ4v) is 3.00. The molecule has 0 aliphatic carbocycles. The summed E-state index contributed by atoms with van der Waals surface area (Å²) in [7, 11) is 0. The smallest absolute Gasteiger partial charge is 0.253 e. The monoisotopic (exact) mass is 411 g/mol. The Labute approximate surface area is 137 Å². The van der Waals surface area contributed by atoms with E-state index < -0.39 is 0 Å². The summed E-state index contributed by atoms with van der Waals surface area (Å²) >= 11 is 14.5. The van der Waals surface area contributed by atoms with Gasteiger partial charge in [0, 0.05) is 27.6 Å². The number of piperidine rings is 1. The first-order chi connectivity index (χ1) is 8.81. The molecule has 0 spiro atoms. The molecule has 2 nitrogen and oxygen atoms in total. The van der Waals surface area contributed by atoms with Crippen molar-refractivity contribution in [1.82, 2.24) is 4.90 Å². The zero-order valence-corrected chi connectivity index (χ0v) is 14.6. The molecular formula is C14H16Cl2INO. The van der Waals surface area contributed by atoms with E-state index in [1.165, 1.54) is 0 Å². The lowest BCUT2D eigenvalue weighted by molar-refractivity contribution is 0.0593. The van der Waals surface area contributed by atoms with Gasteiger partial charge in [0.1, 0.15) is 0 Å². The average molecular weight is 412 g/mol. The summed E-state index contributed by atoms with van der Waals surface area (Å²) in [6.07, 6.45) is 0.832. The molecule has 1 unspecified atom stereocenters. The van der Waals surface area contributed by atoms with Gasteiger partial charge in [0.05, 0.1) is 5.02 Å². The molecule has 0 bridgehead atoms. The van der Waals surface area contributed by atoms with E-state index in [1.54, 1.807) is 6.07 Å². The number of likely N-dealkylation sites (tertiary alicyclic amines) is 1. The first kappa shape index (κ1) is 15.4. The topological polar surface area (TPSA) is 20.3 Å². The van der Waals surface area contributed by atoms with Crippen LogP contribution < -0.4 is 0 Å². The summed E-state index contributed by atoms with van der Waals surface area (Å²) in [6.45, 7) is 5.60. The summed E-state index contributed by atoms with van der Waals surface area (Å²) < 4.78 is 0.954. The molecule has 1 aromatic rings. The molecule has 1 fully saturated rings. The van der Waals surface area contributed by atoms with Crippen LogP contribution in [-0.4, -0.2) is 29.3 Å². The Hall–Kier alpha value is -0.000000000000000111. The van der Waals surface area contributed by atoms with E-state index in [1.807, 2.05) is 17.0 Å². The van der Waals surface area contributed by atoms with Crippen LogP contribution in [0.2, 0.25) is 5.02 Å². The standard InChI is InChI=1S/C14H16Cl2INO/c1-14(2)8-18(6-5-12(14)16)13(19)9-3-4-11(17)10(15)7-9/h3-4,7,12H,5-6,8H2,1-2H3. The Bertz CT molecular complexity index is 504. The SMILES string of the molecule is CC1(C)CN(C(=O)c2ccc(I)c(Cl)c2)CCC1Cl. The molecular weight excluding hydrogens is 396 g/mol. The molecule has 0 saturated carbocycles. The van der Waals surface area contributed by atoms with Gasteiger partial charge in [0.2, 0.25) is 0 Å². The highest BCUT2D eigenvalue weighted by atomic mass is 127. The number of benzene rings is 1. The number of nitrogens with zero attached hydrogens (tertiary/aromatic N) is 1. The Kier molecular flexibility index (Phi) is 4.68. The minimum absolute atomic E-state index is 0.0370. The Morgan fingerprint density at radius 3 is 2.74 bits per heavy atom. The highest BCUT2D eigenvalue weighted by Crippen LogP contribution is 2.34. The summed E-state index contributed by atoms with van der Waals surface area (Å²) in [6, 6.07) is 5.44. The van der Waals surface area contributed by atoms with Crippen molar-refractivity contribution in [2.24, 2.45) is 5.41 Å². The predicted molar refractivity (Wildman–Crippen MR) is 88.1 cm³/mol. The molecule has 19 heavy (non-hydrogen) atoms. The highest BCUT2D eigenvalue weighted by molar-refractivity contribution is 14.1. The van der Waals surface area contributed by atoms with Crippen LogP contribution in [0, 0.1) is 8.99 Å². The zero-order chi connectivity index (χ0) is 14.2. The zero-order valence-electron chi connectivity index (χ0n) is 10.9. The van der Waals surface area contributed by atoms with Crippen molar-refractivity contribution >= 4 is 51.7 Å². The number of halogens is 3. The van der Waals surface area contributed by atoms with Crippen LogP contribution in [0.1, 0.15) is 30.6 Å². The third kappa shape index (κ3) is 3.37. The molecule has 5 heteroatoms. The van der Waals surface area contributed by atoms with Crippen LogP contribution in [0.25, 0.3) is 0 Å². The minimum atomic E-state index is -0.0531. The molecule has 0 radical (unpaired) electrons. The number of alkyl halides is 1. The van der Waals surface area contributed by atoms with Crippen LogP contribution in [0.3, 0.4) is 0 Å². The van der Waals surface area contributed by atoms with Gasteiger partial charge < -0.3 is 4.90 Å². The van der Waals surface area contributed by atoms with Gasteiger partial charge in [-0.15, -0.1) is 11.6 Å². The number of rotatable bonds is 1. The molecule has 0 N–H and O–H groups in total. The van der Waals surface area contributed by atoms with Gasteiger partial charge in [-0.25, -0.2) is 0 Å². The van der Waals surface area contributed by atoms with Gasteiger partial charge in [0.15, 0.2) is 0 Å². The highest BCUT2D eigenvalue weighted by Gasteiger charge is 2.36. The van der Waals surface area contributed by atoms with Gasteiger partial charge in [-0.1, -0.05) is 25.4 Å². The Morgan fingerprint density at radius 1 is 1.47 bits per heavy atom. The van der Waals surface area contributed by atoms with Crippen LogP contribution in [-0.2, 0) is 0 Å². The molecule has 1 aliphatic rings. The fraction of sp³-hybridized carbons (Fsp3) is 0.500. The van der Waals surface area contributed by atoms with E-state index in [0.717, 1.165) is 9.99 Å². The van der Waals surface area contributed by atoms with Crippen LogP contribution in [0.15, 0.2) is 18.2 Å². The first-order valence-electron chi connectivity index (χ1n) is 6.19. The van der Waals surface area contributed by atoms with Crippen molar-refractivity contribution in [3.05, 3.63) is 32.4 Å². The van der Waals surface area contributed by atoms with E-state index in [0.29, 0.717) is 23.7 Å². The van der Waals surface area contributed by atoms with Crippen LogP contribution >= 0.6 is 45.8 Å².